The first-order valence-corrected chi connectivity index (χ1v) is 10.7. The molecule has 0 aliphatic carbocycles. The molecule has 0 aliphatic heterocycles. The number of rotatable bonds is 5. The maximum Gasteiger partial charge on any atom is 0.279 e. The van der Waals surface area contributed by atoms with Crippen LogP contribution in [0.1, 0.15) is 52.2 Å². The molecule has 0 saturated heterocycles. The zero-order valence-electron chi connectivity index (χ0n) is 17.4. The van der Waals surface area contributed by atoms with Gasteiger partial charge in [-0.05, 0) is 69.0 Å². The number of benzene rings is 2. The third kappa shape index (κ3) is 4.17. The SMILES string of the molecule is CCCc1sc(=NC(=O)c2ccc(C)cc2)n(CC)c1-c1ccc(C)c(C)c1. The van der Waals surface area contributed by atoms with Gasteiger partial charge in [-0.15, -0.1) is 11.3 Å². The summed E-state index contributed by atoms with van der Waals surface area (Å²) in [6.07, 6.45) is 2.05. The molecule has 0 atom stereocenters. The Hall–Kier alpha value is -2.46. The molecule has 146 valence electrons. The van der Waals surface area contributed by atoms with Crippen LogP contribution < -0.4 is 4.80 Å². The molecule has 0 radical (unpaired) electrons. The van der Waals surface area contributed by atoms with Gasteiger partial charge in [-0.25, -0.2) is 0 Å². The lowest BCUT2D eigenvalue weighted by Gasteiger charge is -2.11. The van der Waals surface area contributed by atoms with Crippen molar-refractivity contribution in [1.82, 2.24) is 4.57 Å². The Morgan fingerprint density at radius 2 is 1.71 bits per heavy atom. The second kappa shape index (κ2) is 8.70. The largest absolute Gasteiger partial charge is 0.316 e. The van der Waals surface area contributed by atoms with Crippen LogP contribution in [0.5, 0.6) is 0 Å². The van der Waals surface area contributed by atoms with Gasteiger partial charge in [0.05, 0.1) is 5.69 Å². The highest BCUT2D eigenvalue weighted by molar-refractivity contribution is 7.09. The monoisotopic (exact) mass is 392 g/mol. The minimum absolute atomic E-state index is 0.182. The summed E-state index contributed by atoms with van der Waals surface area (Å²) >= 11 is 1.64. The van der Waals surface area contributed by atoms with Crippen LogP contribution >= 0.6 is 11.3 Å². The van der Waals surface area contributed by atoms with E-state index in [1.165, 1.54) is 27.3 Å². The summed E-state index contributed by atoms with van der Waals surface area (Å²) in [7, 11) is 0. The van der Waals surface area contributed by atoms with E-state index in [0.717, 1.165) is 29.8 Å². The highest BCUT2D eigenvalue weighted by atomic mass is 32.1. The molecule has 3 rings (SSSR count). The van der Waals surface area contributed by atoms with Gasteiger partial charge >= 0.3 is 0 Å². The molecule has 0 unspecified atom stereocenters. The fourth-order valence-electron chi connectivity index (χ4n) is 3.29. The molecule has 0 spiro atoms. The van der Waals surface area contributed by atoms with Gasteiger partial charge in [0.25, 0.3) is 5.91 Å². The third-order valence-electron chi connectivity index (χ3n) is 5.05. The van der Waals surface area contributed by atoms with Crippen molar-refractivity contribution < 1.29 is 4.79 Å². The van der Waals surface area contributed by atoms with E-state index in [1.54, 1.807) is 11.3 Å². The molecular formula is C24H28N2OS. The number of nitrogens with zero attached hydrogens (tertiary/aromatic N) is 2. The molecule has 0 bridgehead atoms. The van der Waals surface area contributed by atoms with Crippen LogP contribution in [-0.4, -0.2) is 10.5 Å². The van der Waals surface area contributed by atoms with Crippen molar-refractivity contribution in [1.29, 1.82) is 0 Å². The van der Waals surface area contributed by atoms with E-state index in [1.807, 2.05) is 31.2 Å². The normalized spacial score (nSPS) is 11.8. The topological polar surface area (TPSA) is 34.4 Å². The Kier molecular flexibility index (Phi) is 6.30. The molecule has 0 N–H and O–H groups in total. The fourth-order valence-corrected chi connectivity index (χ4v) is 4.60. The molecular weight excluding hydrogens is 364 g/mol. The molecule has 1 aromatic heterocycles. The quantitative estimate of drug-likeness (QED) is 0.536. The summed E-state index contributed by atoms with van der Waals surface area (Å²) in [6.45, 7) is 11.4. The first-order chi connectivity index (χ1) is 13.4. The number of aromatic nitrogens is 1. The van der Waals surface area contributed by atoms with Gasteiger partial charge < -0.3 is 4.57 Å². The maximum atomic E-state index is 12.7. The molecule has 0 saturated carbocycles. The van der Waals surface area contributed by atoms with Gasteiger partial charge in [-0.3, -0.25) is 4.79 Å². The van der Waals surface area contributed by atoms with Crippen molar-refractivity contribution >= 4 is 17.2 Å². The van der Waals surface area contributed by atoms with Gasteiger partial charge in [0.2, 0.25) is 0 Å². The molecule has 3 aromatic rings. The summed E-state index contributed by atoms with van der Waals surface area (Å²) in [5, 5.41) is 0. The van der Waals surface area contributed by atoms with Gasteiger partial charge in [-0.1, -0.05) is 43.2 Å². The number of carbonyl (C=O) groups excluding carboxylic acids is 1. The second-order valence-corrected chi connectivity index (χ2v) is 8.29. The Morgan fingerprint density at radius 1 is 1.00 bits per heavy atom. The van der Waals surface area contributed by atoms with Crippen molar-refractivity contribution in [3.05, 3.63) is 74.4 Å². The number of hydrogen-bond acceptors (Lipinski definition) is 2. The highest BCUT2D eigenvalue weighted by Crippen LogP contribution is 2.29. The Balaban J connectivity index is 2.15. The number of hydrogen-bond donors (Lipinski definition) is 0. The van der Waals surface area contributed by atoms with Crippen LogP contribution in [0.4, 0.5) is 0 Å². The lowest BCUT2D eigenvalue weighted by molar-refractivity contribution is 0.0998. The van der Waals surface area contributed by atoms with Crippen molar-refractivity contribution in [2.45, 2.75) is 54.0 Å². The molecule has 0 fully saturated rings. The first-order valence-electron chi connectivity index (χ1n) is 9.90. The van der Waals surface area contributed by atoms with E-state index in [9.17, 15) is 4.79 Å². The van der Waals surface area contributed by atoms with Crippen molar-refractivity contribution in [2.24, 2.45) is 4.99 Å². The van der Waals surface area contributed by atoms with Gasteiger partial charge in [0.15, 0.2) is 4.80 Å². The molecule has 3 nitrogen and oxygen atoms in total. The average molecular weight is 393 g/mol. The Labute approximate surface area is 171 Å². The molecule has 2 aromatic carbocycles. The second-order valence-electron chi connectivity index (χ2n) is 7.23. The van der Waals surface area contributed by atoms with Crippen LogP contribution in [0, 0.1) is 20.8 Å². The predicted octanol–water partition coefficient (Wildman–Crippen LogP) is 5.86. The smallest absolute Gasteiger partial charge is 0.279 e. The number of aryl methyl sites for hydroxylation is 4. The van der Waals surface area contributed by atoms with E-state index < -0.39 is 0 Å². The molecule has 0 aliphatic rings. The van der Waals surface area contributed by atoms with Crippen molar-refractivity contribution in [3.63, 3.8) is 0 Å². The van der Waals surface area contributed by atoms with Crippen molar-refractivity contribution in [2.75, 3.05) is 0 Å². The van der Waals surface area contributed by atoms with Crippen LogP contribution in [0.25, 0.3) is 11.3 Å². The maximum absolute atomic E-state index is 12.7. The lowest BCUT2D eigenvalue weighted by atomic mass is 10.0. The van der Waals surface area contributed by atoms with Gasteiger partial charge in [0.1, 0.15) is 0 Å². The molecule has 1 amide bonds. The minimum atomic E-state index is -0.182. The average Bonchev–Trinajstić information content (AvgIpc) is 3.01. The summed E-state index contributed by atoms with van der Waals surface area (Å²) in [4.78, 5) is 19.3. The van der Waals surface area contributed by atoms with Gasteiger partial charge in [0, 0.05) is 17.0 Å². The van der Waals surface area contributed by atoms with Gasteiger partial charge in [-0.2, -0.15) is 4.99 Å². The van der Waals surface area contributed by atoms with E-state index >= 15 is 0 Å². The Morgan fingerprint density at radius 3 is 2.32 bits per heavy atom. The molecule has 4 heteroatoms. The van der Waals surface area contributed by atoms with Crippen LogP contribution in [0.3, 0.4) is 0 Å². The van der Waals surface area contributed by atoms with E-state index in [2.05, 4.69) is 55.5 Å². The fraction of sp³-hybridized carbons (Fsp3) is 0.333. The Bertz CT molecular complexity index is 1060. The standard InChI is InChI=1S/C24H28N2OS/c1-6-8-21-22(20-14-11-17(4)18(5)15-20)26(7-2)24(28-21)25-23(27)19-12-9-16(3)10-13-19/h9-15H,6-8H2,1-5H3. The minimum Gasteiger partial charge on any atom is -0.316 e. The zero-order valence-corrected chi connectivity index (χ0v) is 18.2. The summed E-state index contributed by atoms with van der Waals surface area (Å²) in [6, 6.07) is 14.2. The summed E-state index contributed by atoms with van der Waals surface area (Å²) in [5.74, 6) is -0.182. The first kappa shape index (κ1) is 20.3. The third-order valence-corrected chi connectivity index (χ3v) is 6.19. The lowest BCUT2D eigenvalue weighted by Crippen LogP contribution is -2.17. The number of amides is 1. The van der Waals surface area contributed by atoms with E-state index in [0.29, 0.717) is 5.56 Å². The predicted molar refractivity (Wildman–Crippen MR) is 118 cm³/mol. The molecule has 1 heterocycles. The van der Waals surface area contributed by atoms with Crippen LogP contribution in [0.15, 0.2) is 47.5 Å². The van der Waals surface area contributed by atoms with Crippen LogP contribution in [-0.2, 0) is 13.0 Å². The molecule has 28 heavy (non-hydrogen) atoms. The van der Waals surface area contributed by atoms with E-state index in [4.69, 9.17) is 0 Å². The highest BCUT2D eigenvalue weighted by Gasteiger charge is 2.16. The zero-order chi connectivity index (χ0) is 20.3. The summed E-state index contributed by atoms with van der Waals surface area (Å²) in [5.41, 5.74) is 6.74. The van der Waals surface area contributed by atoms with Crippen molar-refractivity contribution in [3.8, 4) is 11.3 Å². The number of carbonyl (C=O) groups is 1. The number of thiazole rings is 1. The van der Waals surface area contributed by atoms with Crippen LogP contribution in [0.2, 0.25) is 0 Å². The summed E-state index contributed by atoms with van der Waals surface area (Å²) < 4.78 is 2.19. The van der Waals surface area contributed by atoms with E-state index in [-0.39, 0.29) is 5.91 Å².